The Hall–Kier alpha value is -3.19. The summed E-state index contributed by atoms with van der Waals surface area (Å²) >= 11 is 0. The van der Waals surface area contributed by atoms with Crippen molar-refractivity contribution < 1.29 is 9.32 Å². The van der Waals surface area contributed by atoms with E-state index in [2.05, 4.69) is 37.8 Å². The van der Waals surface area contributed by atoms with Crippen LogP contribution in [0.5, 0.6) is 0 Å². The first-order valence-corrected chi connectivity index (χ1v) is 10.9. The van der Waals surface area contributed by atoms with E-state index in [1.165, 1.54) is 18.4 Å². The molecular formula is C24H29N5O2. The van der Waals surface area contributed by atoms with E-state index in [1.54, 1.807) is 0 Å². The number of benzene rings is 2. The van der Waals surface area contributed by atoms with Crippen molar-refractivity contribution >= 4 is 11.7 Å². The third kappa shape index (κ3) is 5.30. The Morgan fingerprint density at radius 2 is 1.77 bits per heavy atom. The maximum atomic E-state index is 12.5. The van der Waals surface area contributed by atoms with Crippen LogP contribution in [0.3, 0.4) is 0 Å². The van der Waals surface area contributed by atoms with Gasteiger partial charge in [0.2, 0.25) is 0 Å². The molecule has 31 heavy (non-hydrogen) atoms. The van der Waals surface area contributed by atoms with Gasteiger partial charge >= 0.3 is 6.03 Å². The molecule has 1 aliphatic rings. The lowest BCUT2D eigenvalue weighted by Crippen LogP contribution is -2.38. The van der Waals surface area contributed by atoms with E-state index >= 15 is 0 Å². The van der Waals surface area contributed by atoms with Gasteiger partial charge < -0.3 is 15.2 Å². The van der Waals surface area contributed by atoms with E-state index in [-0.39, 0.29) is 18.0 Å². The zero-order valence-corrected chi connectivity index (χ0v) is 18.0. The highest BCUT2D eigenvalue weighted by molar-refractivity contribution is 5.89. The van der Waals surface area contributed by atoms with Gasteiger partial charge in [0, 0.05) is 23.7 Å². The van der Waals surface area contributed by atoms with Gasteiger partial charge in [-0.3, -0.25) is 4.90 Å². The summed E-state index contributed by atoms with van der Waals surface area (Å²) in [6.45, 7) is 6.74. The fourth-order valence-corrected chi connectivity index (χ4v) is 3.83. The van der Waals surface area contributed by atoms with E-state index in [0.717, 1.165) is 18.7 Å². The van der Waals surface area contributed by atoms with Gasteiger partial charge in [0.25, 0.3) is 5.89 Å². The minimum Gasteiger partial charge on any atom is -0.336 e. The molecule has 1 unspecified atom stereocenters. The summed E-state index contributed by atoms with van der Waals surface area (Å²) in [6, 6.07) is 17.7. The quantitative estimate of drug-likeness (QED) is 0.574. The van der Waals surface area contributed by atoms with Crippen LogP contribution in [0.15, 0.2) is 59.1 Å². The molecule has 1 atom stereocenters. The van der Waals surface area contributed by atoms with Gasteiger partial charge in [-0.25, -0.2) is 4.79 Å². The maximum Gasteiger partial charge on any atom is 0.319 e. The van der Waals surface area contributed by atoms with Crippen molar-refractivity contribution in [3.8, 4) is 11.5 Å². The molecular weight excluding hydrogens is 390 g/mol. The summed E-state index contributed by atoms with van der Waals surface area (Å²) in [6.07, 6.45) is 2.42. The highest BCUT2D eigenvalue weighted by Crippen LogP contribution is 2.25. The van der Waals surface area contributed by atoms with Crippen molar-refractivity contribution in [3.63, 3.8) is 0 Å². The molecule has 0 bridgehead atoms. The van der Waals surface area contributed by atoms with Gasteiger partial charge in [-0.2, -0.15) is 4.98 Å². The molecule has 7 heteroatoms. The fraction of sp³-hybridized carbons (Fsp3) is 0.375. The van der Waals surface area contributed by atoms with Crippen LogP contribution in [0.2, 0.25) is 0 Å². The van der Waals surface area contributed by atoms with Gasteiger partial charge in [0.1, 0.15) is 0 Å². The number of carbonyl (C=O) groups excluding carboxylic acids is 1. The molecule has 1 saturated heterocycles. The van der Waals surface area contributed by atoms with Crippen LogP contribution in [-0.4, -0.2) is 40.7 Å². The lowest BCUT2D eigenvalue weighted by molar-refractivity contribution is 0.227. The highest BCUT2D eigenvalue weighted by Gasteiger charge is 2.23. The molecule has 2 heterocycles. The molecule has 2 amide bonds. The normalized spacial score (nSPS) is 15.2. The van der Waals surface area contributed by atoms with Crippen molar-refractivity contribution in [1.29, 1.82) is 0 Å². The highest BCUT2D eigenvalue weighted by atomic mass is 16.5. The number of likely N-dealkylation sites (tertiary alicyclic amines) is 1. The van der Waals surface area contributed by atoms with Gasteiger partial charge in [-0.05, 0) is 55.8 Å². The van der Waals surface area contributed by atoms with Gasteiger partial charge in [0.15, 0.2) is 5.82 Å². The first-order chi connectivity index (χ1) is 15.1. The molecule has 1 aliphatic heterocycles. The van der Waals surface area contributed by atoms with E-state index in [9.17, 15) is 4.79 Å². The van der Waals surface area contributed by atoms with Crippen molar-refractivity contribution in [3.05, 3.63) is 66.0 Å². The molecule has 2 aromatic carbocycles. The second-order valence-corrected chi connectivity index (χ2v) is 8.19. The zero-order valence-electron chi connectivity index (χ0n) is 18.0. The monoisotopic (exact) mass is 419 g/mol. The van der Waals surface area contributed by atoms with E-state index in [4.69, 9.17) is 4.52 Å². The SMILES string of the molecule is CC(C)c1noc(-c2ccc(NC(=O)NCC(c3ccccc3)N3CCCC3)cc2)n1. The minimum absolute atomic E-state index is 0.185. The molecule has 1 fully saturated rings. The summed E-state index contributed by atoms with van der Waals surface area (Å²) in [7, 11) is 0. The lowest BCUT2D eigenvalue weighted by Gasteiger charge is -2.28. The summed E-state index contributed by atoms with van der Waals surface area (Å²) < 4.78 is 5.32. The summed E-state index contributed by atoms with van der Waals surface area (Å²) in [5.41, 5.74) is 2.76. The molecule has 0 aliphatic carbocycles. The van der Waals surface area contributed by atoms with Crippen molar-refractivity contribution in [1.82, 2.24) is 20.4 Å². The molecule has 0 spiro atoms. The van der Waals surface area contributed by atoms with Crippen molar-refractivity contribution in [2.24, 2.45) is 0 Å². The van der Waals surface area contributed by atoms with E-state index in [0.29, 0.717) is 23.9 Å². The molecule has 0 radical (unpaired) electrons. The Morgan fingerprint density at radius 1 is 1.06 bits per heavy atom. The molecule has 0 saturated carbocycles. The molecule has 162 valence electrons. The van der Waals surface area contributed by atoms with Crippen LogP contribution >= 0.6 is 0 Å². The topological polar surface area (TPSA) is 83.3 Å². The molecule has 2 N–H and O–H groups in total. The number of amides is 2. The van der Waals surface area contributed by atoms with E-state index in [1.807, 2.05) is 56.3 Å². The van der Waals surface area contributed by atoms with Crippen molar-refractivity contribution in [2.75, 3.05) is 25.0 Å². The van der Waals surface area contributed by atoms with E-state index < -0.39 is 0 Å². The standard InChI is InChI=1S/C24H29N5O2/c1-17(2)22-27-23(31-28-22)19-10-12-20(13-11-19)26-24(30)25-16-21(29-14-6-7-15-29)18-8-4-3-5-9-18/h3-5,8-13,17,21H,6-7,14-16H2,1-2H3,(H2,25,26,30). The number of anilines is 1. The molecule has 3 aromatic rings. The van der Waals surface area contributed by atoms with Crippen LogP contribution in [0.25, 0.3) is 11.5 Å². The third-order valence-corrected chi connectivity index (χ3v) is 5.57. The maximum absolute atomic E-state index is 12.5. The Kier molecular flexibility index (Phi) is 6.62. The first kappa shape index (κ1) is 21.1. The zero-order chi connectivity index (χ0) is 21.6. The predicted octanol–water partition coefficient (Wildman–Crippen LogP) is 4.82. The molecule has 4 rings (SSSR count). The summed E-state index contributed by atoms with van der Waals surface area (Å²) in [4.78, 5) is 19.4. The number of urea groups is 1. The second kappa shape index (κ2) is 9.75. The number of nitrogens with one attached hydrogen (secondary N) is 2. The Labute approximate surface area is 182 Å². The number of carbonyl (C=O) groups is 1. The third-order valence-electron chi connectivity index (χ3n) is 5.57. The summed E-state index contributed by atoms with van der Waals surface area (Å²) in [5.74, 6) is 1.38. The van der Waals surface area contributed by atoms with Gasteiger partial charge in [0.05, 0.1) is 6.04 Å². The van der Waals surface area contributed by atoms with Crippen LogP contribution in [0, 0.1) is 0 Å². The largest absolute Gasteiger partial charge is 0.336 e. The smallest absolute Gasteiger partial charge is 0.319 e. The van der Waals surface area contributed by atoms with Crippen LogP contribution < -0.4 is 10.6 Å². The van der Waals surface area contributed by atoms with Gasteiger partial charge in [-0.15, -0.1) is 0 Å². The van der Waals surface area contributed by atoms with Crippen LogP contribution in [-0.2, 0) is 0 Å². The molecule has 1 aromatic heterocycles. The lowest BCUT2D eigenvalue weighted by atomic mass is 10.1. The predicted molar refractivity (Wildman–Crippen MR) is 121 cm³/mol. The number of aromatic nitrogens is 2. The first-order valence-electron chi connectivity index (χ1n) is 10.9. The average Bonchev–Trinajstić information content (AvgIpc) is 3.48. The fourth-order valence-electron chi connectivity index (χ4n) is 3.83. The van der Waals surface area contributed by atoms with Crippen LogP contribution in [0.4, 0.5) is 10.5 Å². The van der Waals surface area contributed by atoms with Crippen LogP contribution in [0.1, 0.15) is 50.0 Å². The summed E-state index contributed by atoms with van der Waals surface area (Å²) in [5, 5.41) is 9.93. The Balaban J connectivity index is 1.35. The number of rotatable bonds is 7. The number of nitrogens with zero attached hydrogens (tertiary/aromatic N) is 3. The Bertz CT molecular complexity index is 979. The number of hydrogen-bond acceptors (Lipinski definition) is 5. The van der Waals surface area contributed by atoms with Crippen molar-refractivity contribution in [2.45, 2.75) is 38.6 Å². The average molecular weight is 420 g/mol. The Morgan fingerprint density at radius 3 is 2.42 bits per heavy atom. The van der Waals surface area contributed by atoms with Gasteiger partial charge in [-0.1, -0.05) is 49.3 Å². The molecule has 7 nitrogen and oxygen atoms in total. The minimum atomic E-state index is -0.215. The number of hydrogen-bond donors (Lipinski definition) is 2. The second-order valence-electron chi connectivity index (χ2n) is 8.19.